The van der Waals surface area contributed by atoms with Gasteiger partial charge in [-0.2, -0.15) is 0 Å². The second-order valence-electron chi connectivity index (χ2n) is 5.19. The van der Waals surface area contributed by atoms with Gasteiger partial charge < -0.3 is 15.3 Å². The monoisotopic (exact) mass is 276 g/mol. The minimum Gasteiger partial charge on any atom is -0.508 e. The van der Waals surface area contributed by atoms with E-state index >= 15 is 0 Å². The van der Waals surface area contributed by atoms with Crippen molar-refractivity contribution in [3.05, 3.63) is 54.6 Å². The van der Waals surface area contributed by atoms with Crippen molar-refractivity contribution in [3.63, 3.8) is 0 Å². The molecule has 21 heavy (non-hydrogen) atoms. The second-order valence-corrected chi connectivity index (χ2v) is 5.19. The van der Waals surface area contributed by atoms with Gasteiger partial charge in [-0.05, 0) is 68.7 Å². The fourth-order valence-corrected chi connectivity index (χ4v) is 2.97. The Bertz CT molecular complexity index is 1020. The number of aromatic hydroxyl groups is 3. The van der Waals surface area contributed by atoms with Crippen LogP contribution in [0.25, 0.3) is 32.3 Å². The third-order valence-electron chi connectivity index (χ3n) is 3.88. The van der Waals surface area contributed by atoms with Crippen LogP contribution in [0.3, 0.4) is 0 Å². The normalized spacial score (nSPS) is 11.4. The maximum absolute atomic E-state index is 9.77. The predicted molar refractivity (Wildman–Crippen MR) is 84.0 cm³/mol. The van der Waals surface area contributed by atoms with Crippen molar-refractivity contribution >= 4 is 32.3 Å². The van der Waals surface area contributed by atoms with Crippen LogP contribution in [0.1, 0.15) is 0 Å². The van der Waals surface area contributed by atoms with E-state index in [9.17, 15) is 15.3 Å². The molecule has 3 heteroatoms. The number of fused-ring (bicyclic) bond motifs is 6. The fraction of sp³-hybridized carbons (Fsp3) is 0. The van der Waals surface area contributed by atoms with Crippen LogP contribution in [0.4, 0.5) is 0 Å². The molecule has 3 N–H and O–H groups in total. The fourth-order valence-electron chi connectivity index (χ4n) is 2.97. The first-order chi connectivity index (χ1) is 10.1. The summed E-state index contributed by atoms with van der Waals surface area (Å²) in [5.41, 5.74) is 0. The summed E-state index contributed by atoms with van der Waals surface area (Å²) in [7, 11) is 0. The molecule has 3 nitrogen and oxygen atoms in total. The van der Waals surface area contributed by atoms with Gasteiger partial charge in [0.25, 0.3) is 0 Å². The maximum Gasteiger partial charge on any atom is 0.116 e. The Kier molecular flexibility index (Phi) is 2.27. The van der Waals surface area contributed by atoms with Crippen molar-refractivity contribution in [2.75, 3.05) is 0 Å². The number of hydrogen-bond donors (Lipinski definition) is 3. The molecule has 0 aromatic heterocycles. The highest BCUT2D eigenvalue weighted by molar-refractivity contribution is 6.25. The van der Waals surface area contributed by atoms with E-state index in [1.807, 2.05) is 18.2 Å². The molecule has 0 atom stereocenters. The molecule has 0 saturated heterocycles. The predicted octanol–water partition coefficient (Wildman–Crippen LogP) is 4.26. The van der Waals surface area contributed by atoms with E-state index < -0.39 is 0 Å². The zero-order valence-corrected chi connectivity index (χ0v) is 11.0. The van der Waals surface area contributed by atoms with Crippen LogP contribution in [-0.2, 0) is 0 Å². The Hall–Kier alpha value is -2.94. The maximum atomic E-state index is 9.77. The van der Waals surface area contributed by atoms with Gasteiger partial charge in [0.1, 0.15) is 17.2 Å². The van der Waals surface area contributed by atoms with Crippen LogP contribution in [0, 0.1) is 0 Å². The topological polar surface area (TPSA) is 60.7 Å². The SMILES string of the molecule is Oc1ccc2c3ccc(O)cc3c3cc(O)ccc3c2c1. The van der Waals surface area contributed by atoms with E-state index in [1.54, 1.807) is 36.4 Å². The molecular weight excluding hydrogens is 264 g/mol. The Balaban J connectivity index is 2.39. The average Bonchev–Trinajstić information content (AvgIpc) is 2.47. The molecule has 0 amide bonds. The average molecular weight is 276 g/mol. The molecule has 0 fully saturated rings. The molecule has 0 aliphatic heterocycles. The summed E-state index contributed by atoms with van der Waals surface area (Å²) in [6.07, 6.45) is 0. The zero-order valence-electron chi connectivity index (χ0n) is 11.0. The van der Waals surface area contributed by atoms with Crippen molar-refractivity contribution in [3.8, 4) is 17.2 Å². The summed E-state index contributed by atoms with van der Waals surface area (Å²) in [5, 5.41) is 34.9. The molecule has 0 aliphatic rings. The molecule has 0 saturated carbocycles. The molecule has 102 valence electrons. The number of phenolic OH excluding ortho intramolecular Hbond substituents is 3. The molecule has 4 aromatic rings. The van der Waals surface area contributed by atoms with Crippen LogP contribution in [0.2, 0.25) is 0 Å². The summed E-state index contributed by atoms with van der Waals surface area (Å²) in [6, 6.07) is 15.6. The summed E-state index contributed by atoms with van der Waals surface area (Å²) >= 11 is 0. The van der Waals surface area contributed by atoms with E-state index in [1.165, 1.54) is 0 Å². The van der Waals surface area contributed by atoms with E-state index in [4.69, 9.17) is 0 Å². The number of rotatable bonds is 0. The first-order valence-corrected chi connectivity index (χ1v) is 6.63. The van der Waals surface area contributed by atoms with Crippen LogP contribution in [0.15, 0.2) is 54.6 Å². The third kappa shape index (κ3) is 1.68. The van der Waals surface area contributed by atoms with Crippen molar-refractivity contribution in [2.45, 2.75) is 0 Å². The molecule has 0 radical (unpaired) electrons. The Morgan fingerprint density at radius 1 is 0.381 bits per heavy atom. The van der Waals surface area contributed by atoms with Crippen LogP contribution < -0.4 is 0 Å². The standard InChI is InChI=1S/C18H12O3/c19-10-1-4-13-14-5-2-11(20)8-17(14)18-9-12(21)3-6-15(18)16(13)7-10/h1-9,19-21H. The molecule has 0 bridgehead atoms. The van der Waals surface area contributed by atoms with Gasteiger partial charge in [0, 0.05) is 0 Å². The zero-order chi connectivity index (χ0) is 14.6. The number of phenols is 3. The molecule has 0 aliphatic carbocycles. The summed E-state index contributed by atoms with van der Waals surface area (Å²) in [6.45, 7) is 0. The Labute approximate surface area is 120 Å². The minimum absolute atomic E-state index is 0.173. The van der Waals surface area contributed by atoms with Gasteiger partial charge in [0.15, 0.2) is 0 Å². The lowest BCUT2D eigenvalue weighted by molar-refractivity contribution is 0.475. The number of hydrogen-bond acceptors (Lipinski definition) is 3. The van der Waals surface area contributed by atoms with Gasteiger partial charge in [0.05, 0.1) is 0 Å². The first-order valence-electron chi connectivity index (χ1n) is 6.63. The highest BCUT2D eigenvalue weighted by Crippen LogP contribution is 2.38. The van der Waals surface area contributed by atoms with Gasteiger partial charge in [-0.25, -0.2) is 0 Å². The smallest absolute Gasteiger partial charge is 0.116 e. The quantitative estimate of drug-likeness (QED) is 0.420. The first kappa shape index (κ1) is 11.9. The van der Waals surface area contributed by atoms with E-state index in [0.717, 1.165) is 32.3 Å². The third-order valence-corrected chi connectivity index (χ3v) is 3.88. The lowest BCUT2D eigenvalue weighted by atomic mass is 9.94. The molecular formula is C18H12O3. The van der Waals surface area contributed by atoms with Gasteiger partial charge in [0.2, 0.25) is 0 Å². The van der Waals surface area contributed by atoms with Crippen LogP contribution in [-0.4, -0.2) is 15.3 Å². The van der Waals surface area contributed by atoms with Gasteiger partial charge in [-0.1, -0.05) is 18.2 Å². The van der Waals surface area contributed by atoms with Gasteiger partial charge in [-0.15, -0.1) is 0 Å². The van der Waals surface area contributed by atoms with Crippen molar-refractivity contribution in [2.24, 2.45) is 0 Å². The van der Waals surface area contributed by atoms with E-state index in [2.05, 4.69) is 0 Å². The molecule has 4 aromatic carbocycles. The molecule has 4 rings (SSSR count). The van der Waals surface area contributed by atoms with E-state index in [-0.39, 0.29) is 17.2 Å². The largest absolute Gasteiger partial charge is 0.508 e. The summed E-state index contributed by atoms with van der Waals surface area (Å²) in [4.78, 5) is 0. The lowest BCUT2D eigenvalue weighted by Crippen LogP contribution is -1.83. The summed E-state index contributed by atoms with van der Waals surface area (Å²) in [5.74, 6) is 0.562. The van der Waals surface area contributed by atoms with Crippen LogP contribution in [0.5, 0.6) is 17.2 Å². The van der Waals surface area contributed by atoms with E-state index in [0.29, 0.717) is 0 Å². The van der Waals surface area contributed by atoms with Crippen molar-refractivity contribution in [1.82, 2.24) is 0 Å². The Morgan fingerprint density at radius 2 is 0.667 bits per heavy atom. The Morgan fingerprint density at radius 3 is 1.05 bits per heavy atom. The summed E-state index contributed by atoms with van der Waals surface area (Å²) < 4.78 is 0. The van der Waals surface area contributed by atoms with Gasteiger partial charge >= 0.3 is 0 Å². The highest BCUT2D eigenvalue weighted by atomic mass is 16.3. The molecule has 0 unspecified atom stereocenters. The van der Waals surface area contributed by atoms with Crippen LogP contribution >= 0.6 is 0 Å². The molecule has 0 heterocycles. The lowest BCUT2D eigenvalue weighted by Gasteiger charge is -2.11. The minimum atomic E-state index is 0.173. The van der Waals surface area contributed by atoms with Crippen molar-refractivity contribution in [1.29, 1.82) is 0 Å². The second kappa shape index (κ2) is 4.03. The molecule has 0 spiro atoms. The van der Waals surface area contributed by atoms with Crippen molar-refractivity contribution < 1.29 is 15.3 Å². The number of benzene rings is 4. The highest BCUT2D eigenvalue weighted by Gasteiger charge is 2.10. The van der Waals surface area contributed by atoms with Gasteiger partial charge in [-0.3, -0.25) is 0 Å².